The number of carbonyl (C=O) groups is 2. The van der Waals surface area contributed by atoms with Gasteiger partial charge in [-0.05, 0) is 42.5 Å². The first-order chi connectivity index (χ1) is 15.6. The van der Waals surface area contributed by atoms with Crippen molar-refractivity contribution in [2.75, 3.05) is 11.9 Å². The Balaban J connectivity index is 1.26. The van der Waals surface area contributed by atoms with Crippen molar-refractivity contribution in [2.45, 2.75) is 6.54 Å². The molecule has 9 heteroatoms. The minimum absolute atomic E-state index is 0.131. The lowest BCUT2D eigenvalue weighted by molar-refractivity contribution is 0.0696. The van der Waals surface area contributed by atoms with Gasteiger partial charge >= 0.3 is 5.97 Å². The minimum atomic E-state index is -1.03. The van der Waals surface area contributed by atoms with Crippen molar-refractivity contribution in [2.24, 2.45) is 0 Å². The molecular weight excluding hydrogens is 430 g/mol. The Labute approximate surface area is 186 Å². The molecule has 32 heavy (non-hydrogen) atoms. The van der Waals surface area contributed by atoms with Gasteiger partial charge < -0.3 is 24.9 Å². The van der Waals surface area contributed by atoms with Crippen LogP contribution in [0.3, 0.4) is 0 Å². The van der Waals surface area contributed by atoms with Gasteiger partial charge in [0, 0.05) is 35.7 Å². The summed E-state index contributed by atoms with van der Waals surface area (Å²) in [6, 6.07) is 11.3. The third-order valence-corrected chi connectivity index (χ3v) is 5.85. The second-order valence-corrected chi connectivity index (χ2v) is 8.06. The average molecular weight is 447 g/mol. The van der Waals surface area contributed by atoms with Crippen molar-refractivity contribution in [3.63, 3.8) is 0 Å². The Hall–Kier alpha value is -4.11. The second-order valence-electron chi connectivity index (χ2n) is 7.06. The van der Waals surface area contributed by atoms with Crippen LogP contribution in [0.4, 0.5) is 5.82 Å². The summed E-state index contributed by atoms with van der Waals surface area (Å²) >= 11 is 1.46. The van der Waals surface area contributed by atoms with Crippen LogP contribution >= 0.6 is 11.3 Å². The van der Waals surface area contributed by atoms with E-state index in [4.69, 9.17) is 14.3 Å². The summed E-state index contributed by atoms with van der Waals surface area (Å²) in [7, 11) is 0. The molecule has 1 amide bonds. The van der Waals surface area contributed by atoms with Gasteiger partial charge in [-0.1, -0.05) is 17.4 Å². The molecule has 2 aromatic heterocycles. The number of furan rings is 1. The van der Waals surface area contributed by atoms with Gasteiger partial charge in [-0.15, -0.1) is 0 Å². The molecule has 2 aromatic carbocycles. The molecule has 0 spiro atoms. The molecule has 3 heterocycles. The Bertz CT molecular complexity index is 1350. The SMILES string of the molecule is O=C(O)c1ccc(C(=O)NCc2coc3cc(Oc4nc5c(s4)C=CCN5)ccc23)cc1. The van der Waals surface area contributed by atoms with E-state index >= 15 is 0 Å². The molecular formula is C23H17N3O5S. The standard InChI is InChI=1S/C23H17N3O5S/c27-21(13-3-5-14(6-4-13)22(28)29)25-11-15-12-30-18-10-16(7-8-17(15)18)31-23-26-20-19(32-23)2-1-9-24-20/h1-8,10,12,24H,9,11H2,(H,25,27)(H,28,29). The Kier molecular flexibility index (Phi) is 5.08. The number of ether oxygens (including phenoxy) is 1. The zero-order valence-electron chi connectivity index (χ0n) is 16.6. The topological polar surface area (TPSA) is 114 Å². The van der Waals surface area contributed by atoms with Crippen LogP contribution in [0, 0.1) is 0 Å². The number of nitrogens with one attached hydrogen (secondary N) is 2. The summed E-state index contributed by atoms with van der Waals surface area (Å²) in [6.45, 7) is 1.02. The highest BCUT2D eigenvalue weighted by Gasteiger charge is 2.14. The van der Waals surface area contributed by atoms with Gasteiger partial charge in [0.1, 0.15) is 17.2 Å². The second kappa shape index (κ2) is 8.20. The van der Waals surface area contributed by atoms with Crippen molar-refractivity contribution in [1.29, 1.82) is 0 Å². The number of amides is 1. The maximum Gasteiger partial charge on any atom is 0.335 e. The lowest BCUT2D eigenvalue weighted by Crippen LogP contribution is -2.22. The largest absolute Gasteiger partial charge is 0.478 e. The average Bonchev–Trinajstić information content (AvgIpc) is 3.40. The molecule has 0 saturated carbocycles. The van der Waals surface area contributed by atoms with Gasteiger partial charge in [0.15, 0.2) is 0 Å². The Morgan fingerprint density at radius 3 is 2.78 bits per heavy atom. The number of aromatic carboxylic acids is 1. The number of rotatable bonds is 6. The molecule has 160 valence electrons. The van der Waals surface area contributed by atoms with E-state index in [1.54, 1.807) is 12.3 Å². The van der Waals surface area contributed by atoms with Gasteiger partial charge in [0.25, 0.3) is 11.1 Å². The van der Waals surface area contributed by atoms with E-state index in [2.05, 4.69) is 15.6 Å². The number of anilines is 1. The number of benzene rings is 2. The van der Waals surface area contributed by atoms with Crippen LogP contribution in [0.15, 0.2) is 59.2 Å². The van der Waals surface area contributed by atoms with Gasteiger partial charge in [-0.25, -0.2) is 4.79 Å². The molecule has 1 aliphatic heterocycles. The van der Waals surface area contributed by atoms with Crippen LogP contribution < -0.4 is 15.4 Å². The number of carbonyl (C=O) groups excluding carboxylic acids is 1. The van der Waals surface area contributed by atoms with Gasteiger partial charge in [-0.3, -0.25) is 4.79 Å². The van der Waals surface area contributed by atoms with E-state index in [1.807, 2.05) is 24.3 Å². The zero-order chi connectivity index (χ0) is 22.1. The lowest BCUT2D eigenvalue weighted by Gasteiger charge is -2.05. The third-order valence-electron chi connectivity index (χ3n) is 4.96. The van der Waals surface area contributed by atoms with Crippen molar-refractivity contribution in [1.82, 2.24) is 10.3 Å². The fourth-order valence-electron chi connectivity index (χ4n) is 3.32. The van der Waals surface area contributed by atoms with Crippen LogP contribution in [0.25, 0.3) is 17.0 Å². The van der Waals surface area contributed by atoms with Crippen LogP contribution in [-0.2, 0) is 6.54 Å². The maximum atomic E-state index is 12.4. The predicted octanol–water partition coefficient (Wildman–Crippen LogP) is 4.75. The first-order valence-corrected chi connectivity index (χ1v) is 10.6. The van der Waals surface area contributed by atoms with Crippen LogP contribution in [0.5, 0.6) is 10.9 Å². The summed E-state index contributed by atoms with van der Waals surface area (Å²) < 4.78 is 11.5. The molecule has 0 atom stereocenters. The smallest absolute Gasteiger partial charge is 0.335 e. The van der Waals surface area contributed by atoms with Gasteiger partial charge in [0.2, 0.25) is 0 Å². The fraction of sp³-hybridized carbons (Fsp3) is 0.0870. The molecule has 4 aromatic rings. The molecule has 0 saturated heterocycles. The number of hydrogen-bond acceptors (Lipinski definition) is 7. The van der Waals surface area contributed by atoms with Crippen molar-refractivity contribution < 1.29 is 23.8 Å². The van der Waals surface area contributed by atoms with E-state index in [-0.39, 0.29) is 18.0 Å². The van der Waals surface area contributed by atoms with E-state index in [0.29, 0.717) is 22.1 Å². The van der Waals surface area contributed by atoms with E-state index < -0.39 is 5.97 Å². The fourth-order valence-corrected chi connectivity index (χ4v) is 4.16. The van der Waals surface area contributed by atoms with Crippen LogP contribution in [0.1, 0.15) is 31.2 Å². The first-order valence-electron chi connectivity index (χ1n) is 9.77. The highest BCUT2D eigenvalue weighted by atomic mass is 32.1. The molecule has 1 aliphatic rings. The number of thiazole rings is 1. The Morgan fingerprint density at radius 2 is 2.00 bits per heavy atom. The molecule has 0 radical (unpaired) electrons. The lowest BCUT2D eigenvalue weighted by atomic mass is 10.1. The number of carboxylic acid groups (broad SMARTS) is 1. The zero-order valence-corrected chi connectivity index (χ0v) is 17.4. The van der Waals surface area contributed by atoms with Gasteiger partial charge in [0.05, 0.1) is 16.7 Å². The van der Waals surface area contributed by atoms with E-state index in [1.165, 1.54) is 35.6 Å². The summed E-state index contributed by atoms with van der Waals surface area (Å²) in [5.41, 5.74) is 1.97. The Morgan fingerprint density at radius 1 is 1.19 bits per heavy atom. The molecule has 0 unspecified atom stereocenters. The molecule has 5 rings (SSSR count). The van der Waals surface area contributed by atoms with E-state index in [0.717, 1.165) is 28.2 Å². The predicted molar refractivity (Wildman–Crippen MR) is 120 cm³/mol. The maximum absolute atomic E-state index is 12.4. The molecule has 3 N–H and O–H groups in total. The van der Waals surface area contributed by atoms with Crippen molar-refractivity contribution in [3.8, 4) is 10.9 Å². The minimum Gasteiger partial charge on any atom is -0.478 e. The summed E-state index contributed by atoms with van der Waals surface area (Å²) in [6.07, 6.45) is 5.65. The molecule has 8 nitrogen and oxygen atoms in total. The van der Waals surface area contributed by atoms with Gasteiger partial charge in [-0.2, -0.15) is 4.98 Å². The highest BCUT2D eigenvalue weighted by Crippen LogP contribution is 2.35. The first kappa shape index (κ1) is 19.8. The third kappa shape index (κ3) is 3.93. The quantitative estimate of drug-likeness (QED) is 0.391. The summed E-state index contributed by atoms with van der Waals surface area (Å²) in [5, 5.41) is 16.4. The van der Waals surface area contributed by atoms with E-state index in [9.17, 15) is 9.59 Å². The summed E-state index contributed by atoms with van der Waals surface area (Å²) in [5.74, 6) is 0.0954. The number of nitrogens with zero attached hydrogens (tertiary/aromatic N) is 1. The van der Waals surface area contributed by atoms with Crippen molar-refractivity contribution >= 4 is 46.1 Å². The molecule has 0 fully saturated rings. The summed E-state index contributed by atoms with van der Waals surface area (Å²) in [4.78, 5) is 28.8. The molecule has 0 aliphatic carbocycles. The number of hydrogen-bond donors (Lipinski definition) is 3. The molecule has 0 bridgehead atoms. The number of carboxylic acids is 1. The number of fused-ring (bicyclic) bond motifs is 2. The van der Waals surface area contributed by atoms with Crippen LogP contribution in [-0.4, -0.2) is 28.5 Å². The normalized spacial score (nSPS) is 12.2. The van der Waals surface area contributed by atoms with Crippen molar-refractivity contribution in [3.05, 3.63) is 76.4 Å². The monoisotopic (exact) mass is 447 g/mol. The number of aromatic nitrogens is 1. The highest BCUT2D eigenvalue weighted by molar-refractivity contribution is 7.14. The van der Waals surface area contributed by atoms with Crippen LogP contribution in [0.2, 0.25) is 0 Å².